The fourth-order valence-electron chi connectivity index (χ4n) is 4.06. The lowest BCUT2D eigenvalue weighted by molar-refractivity contribution is -0.125. The molecule has 1 fully saturated rings. The number of nitrogens with one attached hydrogen (secondary N) is 1. The van der Waals surface area contributed by atoms with Crippen LogP contribution in [-0.4, -0.2) is 42.2 Å². The summed E-state index contributed by atoms with van der Waals surface area (Å²) in [5.74, 6) is 1.94. The SMILES string of the molecule is COc1ccc(CCNC(=O)[C@H]2CCCN(c3nc4ccccc4n3C)C2)cc1. The van der Waals surface area contributed by atoms with Crippen LogP contribution in [0.1, 0.15) is 18.4 Å². The highest BCUT2D eigenvalue weighted by atomic mass is 16.5. The van der Waals surface area contributed by atoms with Gasteiger partial charge in [0.15, 0.2) is 0 Å². The summed E-state index contributed by atoms with van der Waals surface area (Å²) in [6.07, 6.45) is 2.74. The van der Waals surface area contributed by atoms with Gasteiger partial charge in [-0.15, -0.1) is 0 Å². The van der Waals surface area contributed by atoms with Gasteiger partial charge < -0.3 is 19.5 Å². The lowest BCUT2D eigenvalue weighted by atomic mass is 9.97. The zero-order valence-electron chi connectivity index (χ0n) is 17.1. The van der Waals surface area contributed by atoms with Gasteiger partial charge in [-0.05, 0) is 49.1 Å². The number of amides is 1. The first-order valence-electron chi connectivity index (χ1n) is 10.2. The third kappa shape index (κ3) is 4.21. The van der Waals surface area contributed by atoms with Crippen molar-refractivity contribution in [3.8, 4) is 5.75 Å². The van der Waals surface area contributed by atoms with Crippen LogP contribution in [0.4, 0.5) is 5.95 Å². The Bertz CT molecular complexity index is 980. The number of hydrogen-bond acceptors (Lipinski definition) is 4. The molecule has 1 saturated heterocycles. The Morgan fingerprint density at radius 3 is 2.76 bits per heavy atom. The van der Waals surface area contributed by atoms with E-state index in [1.54, 1.807) is 7.11 Å². The largest absolute Gasteiger partial charge is 0.497 e. The second-order valence-electron chi connectivity index (χ2n) is 7.63. The number of imidazole rings is 1. The first kappa shape index (κ1) is 19.3. The Labute approximate surface area is 171 Å². The van der Waals surface area contributed by atoms with E-state index in [0.29, 0.717) is 13.1 Å². The number of nitrogens with zero attached hydrogens (tertiary/aromatic N) is 3. The van der Waals surface area contributed by atoms with Crippen LogP contribution >= 0.6 is 0 Å². The van der Waals surface area contributed by atoms with Crippen molar-refractivity contribution in [1.82, 2.24) is 14.9 Å². The number of rotatable bonds is 6. The Balaban J connectivity index is 1.34. The second-order valence-corrected chi connectivity index (χ2v) is 7.63. The highest BCUT2D eigenvalue weighted by Crippen LogP contribution is 2.26. The van der Waals surface area contributed by atoms with Crippen molar-refractivity contribution in [3.05, 3.63) is 54.1 Å². The summed E-state index contributed by atoms with van der Waals surface area (Å²) in [6, 6.07) is 16.1. The Morgan fingerprint density at radius 1 is 1.21 bits per heavy atom. The molecule has 1 aliphatic heterocycles. The molecule has 1 atom stereocenters. The fourth-order valence-corrected chi connectivity index (χ4v) is 4.06. The summed E-state index contributed by atoms with van der Waals surface area (Å²) in [7, 11) is 3.71. The maximum Gasteiger partial charge on any atom is 0.224 e. The molecule has 0 radical (unpaired) electrons. The molecule has 0 bridgehead atoms. The normalized spacial score (nSPS) is 16.8. The number of fused-ring (bicyclic) bond motifs is 1. The van der Waals surface area contributed by atoms with E-state index in [4.69, 9.17) is 9.72 Å². The van der Waals surface area contributed by atoms with E-state index in [1.807, 2.05) is 49.5 Å². The van der Waals surface area contributed by atoms with E-state index in [2.05, 4.69) is 20.9 Å². The number of benzene rings is 2. The molecule has 4 rings (SSSR count). The predicted molar refractivity (Wildman–Crippen MR) is 115 cm³/mol. The number of piperidine rings is 1. The van der Waals surface area contributed by atoms with Crippen LogP contribution in [0.2, 0.25) is 0 Å². The van der Waals surface area contributed by atoms with Gasteiger partial charge in [0.2, 0.25) is 11.9 Å². The van der Waals surface area contributed by atoms with Crippen molar-refractivity contribution >= 4 is 22.9 Å². The van der Waals surface area contributed by atoms with Gasteiger partial charge in [0.1, 0.15) is 5.75 Å². The fraction of sp³-hybridized carbons (Fsp3) is 0.391. The first-order valence-corrected chi connectivity index (χ1v) is 10.2. The summed E-state index contributed by atoms with van der Waals surface area (Å²) in [5.41, 5.74) is 3.31. The van der Waals surface area contributed by atoms with E-state index in [0.717, 1.165) is 48.5 Å². The van der Waals surface area contributed by atoms with Crippen LogP contribution in [0, 0.1) is 5.92 Å². The smallest absolute Gasteiger partial charge is 0.224 e. The number of hydrogen-bond donors (Lipinski definition) is 1. The van der Waals surface area contributed by atoms with E-state index < -0.39 is 0 Å². The van der Waals surface area contributed by atoms with Gasteiger partial charge in [0, 0.05) is 26.7 Å². The van der Waals surface area contributed by atoms with E-state index >= 15 is 0 Å². The molecular weight excluding hydrogens is 364 g/mol. The molecule has 1 aliphatic rings. The van der Waals surface area contributed by atoms with Gasteiger partial charge in [-0.25, -0.2) is 4.98 Å². The van der Waals surface area contributed by atoms with Crippen molar-refractivity contribution in [2.45, 2.75) is 19.3 Å². The van der Waals surface area contributed by atoms with E-state index in [1.165, 1.54) is 5.56 Å². The number of para-hydroxylation sites is 2. The average Bonchev–Trinajstić information content (AvgIpc) is 3.11. The predicted octanol–water partition coefficient (Wildman–Crippen LogP) is 3.16. The van der Waals surface area contributed by atoms with Crippen LogP contribution in [0.15, 0.2) is 48.5 Å². The van der Waals surface area contributed by atoms with Crippen LogP contribution in [0.5, 0.6) is 5.75 Å². The number of aromatic nitrogens is 2. The number of anilines is 1. The first-order chi connectivity index (χ1) is 14.2. The molecule has 1 amide bonds. The standard InChI is InChI=1S/C23H28N4O2/c1-26-21-8-4-3-7-20(21)25-23(26)27-15-5-6-18(16-27)22(28)24-14-13-17-9-11-19(29-2)12-10-17/h3-4,7-12,18H,5-6,13-16H2,1-2H3,(H,24,28)/t18-/m0/s1. The number of aryl methyl sites for hydroxylation is 1. The molecule has 29 heavy (non-hydrogen) atoms. The molecule has 6 heteroatoms. The summed E-state index contributed by atoms with van der Waals surface area (Å²) in [4.78, 5) is 19.8. The highest BCUT2D eigenvalue weighted by Gasteiger charge is 2.28. The van der Waals surface area contributed by atoms with Crippen molar-refractivity contribution in [3.63, 3.8) is 0 Å². The summed E-state index contributed by atoms with van der Waals surface area (Å²) < 4.78 is 7.31. The third-order valence-corrected chi connectivity index (χ3v) is 5.71. The van der Waals surface area contributed by atoms with Gasteiger partial charge >= 0.3 is 0 Å². The molecule has 0 spiro atoms. The molecule has 0 saturated carbocycles. The molecular formula is C23H28N4O2. The lowest BCUT2D eigenvalue weighted by Crippen LogP contribution is -2.44. The molecule has 0 unspecified atom stereocenters. The van der Waals surface area contributed by atoms with Crippen molar-refractivity contribution in [1.29, 1.82) is 0 Å². The number of carbonyl (C=O) groups is 1. The van der Waals surface area contributed by atoms with Gasteiger partial charge in [0.05, 0.1) is 24.1 Å². The zero-order valence-corrected chi connectivity index (χ0v) is 17.1. The van der Waals surface area contributed by atoms with Crippen molar-refractivity contribution in [2.75, 3.05) is 31.6 Å². The van der Waals surface area contributed by atoms with E-state index in [9.17, 15) is 4.79 Å². The molecule has 3 aromatic rings. The van der Waals surface area contributed by atoms with Crippen LogP contribution < -0.4 is 15.0 Å². The quantitative estimate of drug-likeness (QED) is 0.700. The third-order valence-electron chi connectivity index (χ3n) is 5.71. The Hall–Kier alpha value is -3.02. The van der Waals surface area contributed by atoms with Gasteiger partial charge in [0.25, 0.3) is 0 Å². The van der Waals surface area contributed by atoms with Gasteiger partial charge in [-0.2, -0.15) is 0 Å². The van der Waals surface area contributed by atoms with Crippen LogP contribution in [0.3, 0.4) is 0 Å². The second kappa shape index (κ2) is 8.55. The molecule has 2 aromatic carbocycles. The number of carbonyl (C=O) groups excluding carboxylic acids is 1. The molecule has 0 aliphatic carbocycles. The molecule has 1 N–H and O–H groups in total. The zero-order chi connectivity index (χ0) is 20.2. The maximum absolute atomic E-state index is 12.7. The van der Waals surface area contributed by atoms with Crippen LogP contribution in [-0.2, 0) is 18.3 Å². The van der Waals surface area contributed by atoms with Crippen molar-refractivity contribution < 1.29 is 9.53 Å². The Kier molecular flexibility index (Phi) is 5.69. The molecule has 2 heterocycles. The summed E-state index contributed by atoms with van der Waals surface area (Å²) >= 11 is 0. The van der Waals surface area contributed by atoms with Crippen molar-refractivity contribution in [2.24, 2.45) is 13.0 Å². The lowest BCUT2D eigenvalue weighted by Gasteiger charge is -2.32. The minimum Gasteiger partial charge on any atom is -0.497 e. The maximum atomic E-state index is 12.7. The number of methoxy groups -OCH3 is 1. The minimum absolute atomic E-state index is 0.000528. The highest BCUT2D eigenvalue weighted by molar-refractivity contribution is 5.81. The molecule has 6 nitrogen and oxygen atoms in total. The number of ether oxygens (including phenoxy) is 1. The van der Waals surface area contributed by atoms with Gasteiger partial charge in [-0.3, -0.25) is 4.79 Å². The molecule has 1 aromatic heterocycles. The topological polar surface area (TPSA) is 59.4 Å². The Morgan fingerprint density at radius 2 is 2.00 bits per heavy atom. The minimum atomic E-state index is -0.000528. The monoisotopic (exact) mass is 392 g/mol. The molecule has 152 valence electrons. The summed E-state index contributed by atoms with van der Waals surface area (Å²) in [6.45, 7) is 2.30. The average molecular weight is 393 g/mol. The van der Waals surface area contributed by atoms with E-state index in [-0.39, 0.29) is 11.8 Å². The van der Waals surface area contributed by atoms with Crippen LogP contribution in [0.25, 0.3) is 11.0 Å². The van der Waals surface area contributed by atoms with Gasteiger partial charge in [-0.1, -0.05) is 24.3 Å². The summed E-state index contributed by atoms with van der Waals surface area (Å²) in [5, 5.41) is 3.12.